The molecule has 3 heteroatoms. The van der Waals surface area contributed by atoms with Gasteiger partial charge in [0.1, 0.15) is 6.61 Å². The van der Waals surface area contributed by atoms with Crippen molar-refractivity contribution in [3.05, 3.63) is 60.4 Å². The Morgan fingerprint density at radius 3 is 2.45 bits per heavy atom. The van der Waals surface area contributed by atoms with Gasteiger partial charge < -0.3 is 9.64 Å². The highest BCUT2D eigenvalue weighted by Gasteiger charge is 2.43. The molecule has 1 aliphatic rings. The minimum Gasteiger partial charge on any atom is -0.493 e. The van der Waals surface area contributed by atoms with E-state index >= 15 is 0 Å². The molecule has 1 aliphatic heterocycles. The van der Waals surface area contributed by atoms with Gasteiger partial charge in [0.25, 0.3) is 0 Å². The lowest BCUT2D eigenvalue weighted by molar-refractivity contribution is -0.138. The average Bonchev–Trinajstić information content (AvgIpc) is 2.43. The molecule has 3 nitrogen and oxygen atoms in total. The van der Waals surface area contributed by atoms with Gasteiger partial charge in [-0.25, -0.2) is 0 Å². The van der Waals surface area contributed by atoms with Crippen molar-refractivity contribution < 1.29 is 9.53 Å². The van der Waals surface area contributed by atoms with E-state index in [0.717, 1.165) is 11.3 Å². The van der Waals surface area contributed by atoms with Gasteiger partial charge >= 0.3 is 0 Å². The first kappa shape index (κ1) is 16.3. The summed E-state index contributed by atoms with van der Waals surface area (Å²) in [6, 6.07) is 10.1. The molecule has 0 radical (unpaired) electrons. The molecule has 0 saturated carbocycles. The van der Waals surface area contributed by atoms with Gasteiger partial charge in [-0.2, -0.15) is 0 Å². The van der Waals surface area contributed by atoms with Crippen molar-refractivity contribution in [2.45, 2.75) is 51.8 Å². The topological polar surface area (TPSA) is 29.5 Å². The van der Waals surface area contributed by atoms with Crippen LogP contribution in [-0.2, 0) is 16.1 Å². The Labute approximate surface area is 133 Å². The predicted octanol–water partition coefficient (Wildman–Crippen LogP) is 4.06. The van der Waals surface area contributed by atoms with E-state index in [0.29, 0.717) is 13.0 Å². The monoisotopic (exact) mass is 299 g/mol. The fourth-order valence-electron chi connectivity index (χ4n) is 3.31. The summed E-state index contributed by atoms with van der Waals surface area (Å²) < 4.78 is 6.00. The second kappa shape index (κ2) is 5.99. The van der Waals surface area contributed by atoms with Gasteiger partial charge in [0.15, 0.2) is 0 Å². The van der Waals surface area contributed by atoms with Crippen LogP contribution in [0.1, 0.15) is 39.7 Å². The second-order valence-corrected chi connectivity index (χ2v) is 6.91. The minimum absolute atomic E-state index is 0.0478. The van der Waals surface area contributed by atoms with Crippen molar-refractivity contribution in [1.82, 2.24) is 4.90 Å². The Morgan fingerprint density at radius 1 is 1.27 bits per heavy atom. The van der Waals surface area contributed by atoms with Crippen LogP contribution in [0.25, 0.3) is 0 Å². The van der Waals surface area contributed by atoms with E-state index in [4.69, 9.17) is 4.74 Å². The van der Waals surface area contributed by atoms with Crippen molar-refractivity contribution >= 4 is 5.91 Å². The van der Waals surface area contributed by atoms with Crippen LogP contribution >= 0.6 is 0 Å². The molecule has 22 heavy (non-hydrogen) atoms. The summed E-state index contributed by atoms with van der Waals surface area (Å²) in [4.78, 5) is 14.1. The Bertz CT molecular complexity index is 585. The molecule has 0 unspecified atom stereocenters. The van der Waals surface area contributed by atoms with Crippen LogP contribution in [0.2, 0.25) is 0 Å². The predicted molar refractivity (Wildman–Crippen MR) is 89.1 cm³/mol. The van der Waals surface area contributed by atoms with Crippen LogP contribution in [0.3, 0.4) is 0 Å². The maximum atomic E-state index is 12.2. The number of rotatable bonds is 4. The zero-order chi connectivity index (χ0) is 16.4. The molecule has 0 saturated heterocycles. The quantitative estimate of drug-likeness (QED) is 0.785. The molecule has 0 atom stereocenters. The fourth-order valence-corrected chi connectivity index (χ4v) is 3.31. The molecule has 0 aliphatic carbocycles. The van der Waals surface area contributed by atoms with Crippen molar-refractivity contribution in [2.75, 3.05) is 0 Å². The minimum atomic E-state index is -0.404. The van der Waals surface area contributed by atoms with Gasteiger partial charge in [-0.3, -0.25) is 4.79 Å². The molecule has 0 N–H and O–H groups in total. The van der Waals surface area contributed by atoms with E-state index in [1.54, 1.807) is 0 Å². The van der Waals surface area contributed by atoms with E-state index < -0.39 is 5.54 Å². The summed E-state index contributed by atoms with van der Waals surface area (Å²) >= 11 is 0. The number of ether oxygens (including phenoxy) is 1. The van der Waals surface area contributed by atoms with E-state index in [1.165, 1.54) is 6.08 Å². The maximum Gasteiger partial charge on any atom is 0.247 e. The highest BCUT2D eigenvalue weighted by atomic mass is 16.5. The van der Waals surface area contributed by atoms with Crippen LogP contribution in [0, 0.1) is 0 Å². The fraction of sp³-hybridized carbons (Fsp3) is 0.421. The number of carbonyl (C=O) groups excluding carboxylic acids is 1. The first-order valence-corrected chi connectivity index (χ1v) is 7.61. The summed E-state index contributed by atoms with van der Waals surface area (Å²) in [6.07, 6.45) is 4.12. The third-order valence-electron chi connectivity index (χ3n) is 3.96. The summed E-state index contributed by atoms with van der Waals surface area (Å²) in [5.41, 5.74) is 0.429. The molecule has 1 aromatic rings. The van der Waals surface area contributed by atoms with E-state index in [2.05, 4.69) is 20.4 Å². The highest BCUT2D eigenvalue weighted by molar-refractivity contribution is 5.88. The zero-order valence-corrected chi connectivity index (χ0v) is 13.9. The first-order chi connectivity index (χ1) is 10.3. The normalized spacial score (nSPS) is 19.3. The molecule has 0 aromatic heterocycles. The third kappa shape index (κ3) is 3.41. The van der Waals surface area contributed by atoms with Crippen LogP contribution in [0.4, 0.5) is 0 Å². The van der Waals surface area contributed by atoms with Crippen molar-refractivity contribution in [2.24, 2.45) is 0 Å². The molecule has 118 valence electrons. The number of benzene rings is 1. The number of hydrogen-bond acceptors (Lipinski definition) is 2. The molecule has 2 rings (SSSR count). The van der Waals surface area contributed by atoms with Crippen LogP contribution in [0.5, 0.6) is 0 Å². The maximum absolute atomic E-state index is 12.2. The summed E-state index contributed by atoms with van der Waals surface area (Å²) in [5.74, 6) is 0.889. The Hall–Kier alpha value is -2.03. The molecule has 0 spiro atoms. The van der Waals surface area contributed by atoms with E-state index in [-0.39, 0.29) is 11.4 Å². The summed E-state index contributed by atoms with van der Waals surface area (Å²) in [5, 5.41) is 0. The lowest BCUT2D eigenvalue weighted by Gasteiger charge is -2.50. The average molecular weight is 299 g/mol. The molecular weight excluding hydrogens is 274 g/mol. The van der Waals surface area contributed by atoms with Gasteiger partial charge in [-0.15, -0.1) is 0 Å². The van der Waals surface area contributed by atoms with Crippen molar-refractivity contribution in [1.29, 1.82) is 0 Å². The lowest BCUT2D eigenvalue weighted by Crippen LogP contribution is -2.59. The van der Waals surface area contributed by atoms with Crippen molar-refractivity contribution in [3.63, 3.8) is 0 Å². The van der Waals surface area contributed by atoms with Crippen molar-refractivity contribution in [3.8, 4) is 0 Å². The summed E-state index contributed by atoms with van der Waals surface area (Å²) in [7, 11) is 0. The SMILES string of the molecule is C=CC(=O)N1C(C)(C)C=C(OCc2ccccc2)CC1(C)C. The van der Waals surface area contributed by atoms with Gasteiger partial charge in [0.2, 0.25) is 5.91 Å². The largest absolute Gasteiger partial charge is 0.493 e. The standard InChI is InChI=1S/C19H25NO2/c1-6-17(21)20-18(2,3)12-16(13-19(20,4)5)22-14-15-10-8-7-9-11-15/h6-12H,1,13-14H2,2-5H3. The molecule has 0 bridgehead atoms. The molecule has 0 fully saturated rings. The Morgan fingerprint density at radius 2 is 1.91 bits per heavy atom. The number of hydrogen-bond donors (Lipinski definition) is 0. The van der Waals surface area contributed by atoms with Gasteiger partial charge in [0.05, 0.1) is 11.3 Å². The van der Waals surface area contributed by atoms with Gasteiger partial charge in [-0.05, 0) is 45.4 Å². The Balaban J connectivity index is 2.19. The smallest absolute Gasteiger partial charge is 0.247 e. The van der Waals surface area contributed by atoms with E-state index in [9.17, 15) is 4.79 Å². The van der Waals surface area contributed by atoms with Crippen LogP contribution in [-0.4, -0.2) is 21.9 Å². The molecule has 1 heterocycles. The zero-order valence-electron chi connectivity index (χ0n) is 13.9. The number of nitrogens with zero attached hydrogens (tertiary/aromatic N) is 1. The molecule has 1 aromatic carbocycles. The lowest BCUT2D eigenvalue weighted by atomic mass is 9.83. The Kier molecular flexibility index (Phi) is 4.45. The molecular formula is C19H25NO2. The summed E-state index contributed by atoms with van der Waals surface area (Å²) in [6.45, 7) is 12.4. The van der Waals surface area contributed by atoms with Gasteiger partial charge in [0, 0.05) is 12.0 Å². The number of carbonyl (C=O) groups is 1. The third-order valence-corrected chi connectivity index (χ3v) is 3.96. The van der Waals surface area contributed by atoms with E-state index in [1.807, 2.05) is 55.2 Å². The second-order valence-electron chi connectivity index (χ2n) is 6.91. The van der Waals surface area contributed by atoms with Crippen LogP contribution in [0.15, 0.2) is 54.8 Å². The number of amides is 1. The molecule has 1 amide bonds. The first-order valence-electron chi connectivity index (χ1n) is 7.61. The van der Waals surface area contributed by atoms with Crippen LogP contribution < -0.4 is 0 Å². The highest BCUT2D eigenvalue weighted by Crippen LogP contribution is 2.38. The van der Waals surface area contributed by atoms with Gasteiger partial charge in [-0.1, -0.05) is 36.9 Å².